The molecular weight excluding hydrogens is 252 g/mol. The van der Waals surface area contributed by atoms with Gasteiger partial charge in [-0.15, -0.1) is 0 Å². The number of hydrogen-bond donors (Lipinski definition) is 2. The van der Waals surface area contributed by atoms with E-state index in [1.54, 1.807) is 0 Å². The number of hydrogen-bond acceptors (Lipinski definition) is 3. The van der Waals surface area contributed by atoms with Gasteiger partial charge in [0.1, 0.15) is 5.75 Å². The molecule has 0 spiro atoms. The first-order chi connectivity index (χ1) is 9.74. The number of amides is 1. The molecule has 1 saturated heterocycles. The van der Waals surface area contributed by atoms with Crippen LogP contribution in [0.1, 0.15) is 31.2 Å². The first-order valence-electron chi connectivity index (χ1n) is 7.43. The smallest absolute Gasteiger partial charge is 0.220 e. The minimum atomic E-state index is 0.143. The van der Waals surface area contributed by atoms with Gasteiger partial charge in [0, 0.05) is 12.5 Å². The second-order valence-electron chi connectivity index (χ2n) is 5.36. The first-order valence-corrected chi connectivity index (χ1v) is 7.43. The Kier molecular flexibility index (Phi) is 5.87. The Hall–Kier alpha value is -1.55. The summed E-state index contributed by atoms with van der Waals surface area (Å²) < 4.78 is 5.64. The highest BCUT2D eigenvalue weighted by molar-refractivity contribution is 5.76. The van der Waals surface area contributed by atoms with Crippen LogP contribution in [0.5, 0.6) is 5.75 Å². The minimum Gasteiger partial charge on any atom is -0.494 e. The van der Waals surface area contributed by atoms with E-state index in [1.165, 1.54) is 5.56 Å². The lowest BCUT2D eigenvalue weighted by molar-refractivity contribution is -0.122. The van der Waals surface area contributed by atoms with Crippen LogP contribution >= 0.6 is 0 Å². The fourth-order valence-electron chi connectivity index (χ4n) is 2.39. The van der Waals surface area contributed by atoms with E-state index in [1.807, 2.05) is 31.2 Å². The van der Waals surface area contributed by atoms with Crippen LogP contribution in [-0.4, -0.2) is 31.6 Å². The van der Waals surface area contributed by atoms with E-state index in [9.17, 15) is 4.79 Å². The molecular formula is C16H24N2O2. The summed E-state index contributed by atoms with van der Waals surface area (Å²) in [5, 5.41) is 6.38. The maximum atomic E-state index is 11.8. The Morgan fingerprint density at radius 1 is 1.40 bits per heavy atom. The fraction of sp³-hybridized carbons (Fsp3) is 0.562. The van der Waals surface area contributed by atoms with Crippen LogP contribution in [0, 0.1) is 6.92 Å². The molecule has 20 heavy (non-hydrogen) atoms. The summed E-state index contributed by atoms with van der Waals surface area (Å²) in [7, 11) is 0. The maximum absolute atomic E-state index is 11.8. The van der Waals surface area contributed by atoms with Crippen molar-refractivity contribution < 1.29 is 9.53 Å². The summed E-state index contributed by atoms with van der Waals surface area (Å²) in [5.74, 6) is 1.02. The SMILES string of the molecule is Cc1cccc(OCCCC(=O)NC2CCNCC2)c1. The van der Waals surface area contributed by atoms with Crippen LogP contribution < -0.4 is 15.4 Å². The summed E-state index contributed by atoms with van der Waals surface area (Å²) in [6, 6.07) is 8.33. The van der Waals surface area contributed by atoms with Gasteiger partial charge in [-0.1, -0.05) is 12.1 Å². The zero-order chi connectivity index (χ0) is 14.2. The zero-order valence-corrected chi connectivity index (χ0v) is 12.2. The van der Waals surface area contributed by atoms with Crippen molar-refractivity contribution in [2.45, 2.75) is 38.6 Å². The molecule has 1 aromatic rings. The van der Waals surface area contributed by atoms with E-state index >= 15 is 0 Å². The van der Waals surface area contributed by atoms with Gasteiger partial charge in [-0.2, -0.15) is 0 Å². The molecule has 1 aliphatic heterocycles. The standard InChI is InChI=1S/C16H24N2O2/c1-13-4-2-5-15(12-13)20-11-3-6-16(19)18-14-7-9-17-10-8-14/h2,4-5,12,14,17H,3,6-11H2,1H3,(H,18,19). The summed E-state index contributed by atoms with van der Waals surface area (Å²) in [5.41, 5.74) is 1.19. The number of carbonyl (C=O) groups is 1. The van der Waals surface area contributed by atoms with E-state index in [4.69, 9.17) is 4.74 Å². The van der Waals surface area contributed by atoms with Crippen molar-refractivity contribution in [1.82, 2.24) is 10.6 Å². The molecule has 1 fully saturated rings. The van der Waals surface area contributed by atoms with Gasteiger partial charge in [0.25, 0.3) is 0 Å². The van der Waals surface area contributed by atoms with Gasteiger partial charge in [-0.3, -0.25) is 4.79 Å². The average molecular weight is 276 g/mol. The molecule has 0 aromatic heterocycles. The minimum absolute atomic E-state index is 0.143. The second kappa shape index (κ2) is 7.90. The van der Waals surface area contributed by atoms with Crippen molar-refractivity contribution in [2.75, 3.05) is 19.7 Å². The van der Waals surface area contributed by atoms with Crippen molar-refractivity contribution in [1.29, 1.82) is 0 Å². The highest BCUT2D eigenvalue weighted by Crippen LogP contribution is 2.12. The molecule has 1 heterocycles. The van der Waals surface area contributed by atoms with Crippen molar-refractivity contribution in [3.8, 4) is 5.75 Å². The van der Waals surface area contributed by atoms with Crippen molar-refractivity contribution in [2.24, 2.45) is 0 Å². The molecule has 1 aromatic carbocycles. The number of benzene rings is 1. The first kappa shape index (κ1) is 14.9. The summed E-state index contributed by atoms with van der Waals surface area (Å²) in [4.78, 5) is 11.8. The lowest BCUT2D eigenvalue weighted by Gasteiger charge is -2.23. The van der Waals surface area contributed by atoms with Gasteiger partial charge < -0.3 is 15.4 Å². The predicted octanol–water partition coefficient (Wildman–Crippen LogP) is 2.02. The second-order valence-corrected chi connectivity index (χ2v) is 5.36. The molecule has 0 atom stereocenters. The van der Waals surface area contributed by atoms with Crippen LogP contribution in [0.2, 0.25) is 0 Å². The Morgan fingerprint density at radius 2 is 2.20 bits per heavy atom. The highest BCUT2D eigenvalue weighted by atomic mass is 16.5. The Labute approximate surface area is 120 Å². The van der Waals surface area contributed by atoms with Crippen LogP contribution in [0.4, 0.5) is 0 Å². The molecule has 1 amide bonds. The highest BCUT2D eigenvalue weighted by Gasteiger charge is 2.14. The molecule has 0 bridgehead atoms. The zero-order valence-electron chi connectivity index (χ0n) is 12.2. The summed E-state index contributed by atoms with van der Waals surface area (Å²) in [6.07, 6.45) is 3.36. The Balaban J connectivity index is 1.59. The normalized spacial score (nSPS) is 15.8. The number of piperidine rings is 1. The van der Waals surface area contributed by atoms with E-state index in [-0.39, 0.29) is 5.91 Å². The molecule has 110 valence electrons. The van der Waals surface area contributed by atoms with Crippen LogP contribution in [0.25, 0.3) is 0 Å². The van der Waals surface area contributed by atoms with Crippen molar-refractivity contribution in [3.05, 3.63) is 29.8 Å². The van der Waals surface area contributed by atoms with E-state index in [2.05, 4.69) is 10.6 Å². The molecule has 0 unspecified atom stereocenters. The third kappa shape index (κ3) is 5.21. The van der Waals surface area contributed by atoms with E-state index in [0.717, 1.165) is 38.1 Å². The van der Waals surface area contributed by atoms with E-state index < -0.39 is 0 Å². The summed E-state index contributed by atoms with van der Waals surface area (Å²) >= 11 is 0. The molecule has 4 nitrogen and oxygen atoms in total. The van der Waals surface area contributed by atoms with Gasteiger partial charge in [-0.25, -0.2) is 0 Å². The van der Waals surface area contributed by atoms with Gasteiger partial charge in [0.15, 0.2) is 0 Å². The van der Waals surface area contributed by atoms with E-state index in [0.29, 0.717) is 19.1 Å². The third-order valence-electron chi connectivity index (χ3n) is 3.51. The quantitative estimate of drug-likeness (QED) is 0.782. The van der Waals surface area contributed by atoms with Crippen molar-refractivity contribution >= 4 is 5.91 Å². The number of nitrogens with one attached hydrogen (secondary N) is 2. The topological polar surface area (TPSA) is 50.4 Å². The molecule has 0 radical (unpaired) electrons. The Morgan fingerprint density at radius 3 is 2.95 bits per heavy atom. The summed E-state index contributed by atoms with van der Waals surface area (Å²) in [6.45, 7) is 4.63. The molecule has 1 aliphatic rings. The number of rotatable bonds is 6. The van der Waals surface area contributed by atoms with Crippen LogP contribution in [0.15, 0.2) is 24.3 Å². The maximum Gasteiger partial charge on any atom is 0.220 e. The number of carbonyl (C=O) groups excluding carboxylic acids is 1. The fourth-order valence-corrected chi connectivity index (χ4v) is 2.39. The number of ether oxygens (including phenoxy) is 1. The van der Waals surface area contributed by atoms with Gasteiger partial charge in [-0.05, 0) is 57.0 Å². The molecule has 2 rings (SSSR count). The molecule has 2 N–H and O–H groups in total. The molecule has 4 heteroatoms. The van der Waals surface area contributed by atoms with Crippen LogP contribution in [-0.2, 0) is 4.79 Å². The monoisotopic (exact) mass is 276 g/mol. The lowest BCUT2D eigenvalue weighted by Crippen LogP contribution is -2.42. The van der Waals surface area contributed by atoms with Crippen molar-refractivity contribution in [3.63, 3.8) is 0 Å². The Bertz CT molecular complexity index is 428. The van der Waals surface area contributed by atoms with Gasteiger partial charge >= 0.3 is 0 Å². The molecule has 0 aliphatic carbocycles. The third-order valence-corrected chi connectivity index (χ3v) is 3.51. The largest absolute Gasteiger partial charge is 0.494 e. The average Bonchev–Trinajstić information content (AvgIpc) is 2.45. The molecule has 0 saturated carbocycles. The van der Waals surface area contributed by atoms with Gasteiger partial charge in [0.05, 0.1) is 6.61 Å². The lowest BCUT2D eigenvalue weighted by atomic mass is 10.1. The van der Waals surface area contributed by atoms with Crippen LogP contribution in [0.3, 0.4) is 0 Å². The van der Waals surface area contributed by atoms with Gasteiger partial charge in [0.2, 0.25) is 5.91 Å². The predicted molar refractivity (Wildman–Crippen MR) is 79.9 cm³/mol. The number of aryl methyl sites for hydroxylation is 1.